The fourth-order valence-corrected chi connectivity index (χ4v) is 1.86. The van der Waals surface area contributed by atoms with Gasteiger partial charge in [-0.3, -0.25) is 0 Å². The van der Waals surface area contributed by atoms with Crippen LogP contribution >= 0.6 is 0 Å². The monoisotopic (exact) mass is 312 g/mol. The molecule has 0 bridgehead atoms. The van der Waals surface area contributed by atoms with E-state index in [1.165, 1.54) is 11.0 Å². The third-order valence-electron chi connectivity index (χ3n) is 3.05. The lowest BCUT2D eigenvalue weighted by Gasteiger charge is -2.25. The van der Waals surface area contributed by atoms with Crippen LogP contribution in [0.3, 0.4) is 0 Å². The maximum absolute atomic E-state index is 13.7. The highest BCUT2D eigenvalue weighted by Gasteiger charge is 2.19. The summed E-state index contributed by atoms with van der Waals surface area (Å²) in [6, 6.07) is 3.84. The molecule has 0 spiro atoms. The van der Waals surface area contributed by atoms with Gasteiger partial charge in [0.15, 0.2) is 0 Å². The van der Waals surface area contributed by atoms with E-state index in [1.807, 2.05) is 27.7 Å². The molecule has 0 saturated heterocycles. The first-order valence-corrected chi connectivity index (χ1v) is 7.26. The van der Waals surface area contributed by atoms with Crippen LogP contribution in [0, 0.1) is 5.82 Å². The number of halogens is 1. The van der Waals surface area contributed by atoms with Gasteiger partial charge in [-0.1, -0.05) is 6.07 Å². The Labute approximate surface area is 131 Å². The third-order valence-corrected chi connectivity index (χ3v) is 3.05. The van der Waals surface area contributed by atoms with Crippen molar-refractivity contribution in [3.8, 4) is 5.75 Å². The molecule has 1 aromatic carbocycles. The number of phenols is 1. The summed E-state index contributed by atoms with van der Waals surface area (Å²) in [5.74, 6) is -0.557. The van der Waals surface area contributed by atoms with Crippen LogP contribution in [-0.4, -0.2) is 41.8 Å². The van der Waals surface area contributed by atoms with Gasteiger partial charge in [-0.2, -0.15) is 0 Å². The molecule has 1 aromatic rings. The molecule has 0 aliphatic carbocycles. The van der Waals surface area contributed by atoms with Gasteiger partial charge in [0, 0.05) is 37.8 Å². The van der Waals surface area contributed by atoms with Gasteiger partial charge in [-0.25, -0.2) is 9.18 Å². The van der Waals surface area contributed by atoms with Crippen LogP contribution in [0.4, 0.5) is 9.18 Å². The van der Waals surface area contributed by atoms with Crippen LogP contribution in [-0.2, 0) is 4.74 Å². The van der Waals surface area contributed by atoms with Gasteiger partial charge in [0.05, 0.1) is 0 Å². The lowest BCUT2D eigenvalue weighted by Crippen LogP contribution is -2.38. The summed E-state index contributed by atoms with van der Waals surface area (Å²) in [6.07, 6.45) is -0.391. The second-order valence-corrected chi connectivity index (χ2v) is 6.28. The van der Waals surface area contributed by atoms with Crippen LogP contribution in [0.5, 0.6) is 5.75 Å². The summed E-state index contributed by atoms with van der Waals surface area (Å²) in [5.41, 5.74) is -0.0564. The number of likely N-dealkylation sites (N-methyl/N-ethyl adjacent to an activating group) is 1. The number of rotatable bonds is 5. The quantitative estimate of drug-likeness (QED) is 0.877. The number of carbonyl (C=O) groups excluding carboxylic acids is 1. The number of phenolic OH excluding ortho intramolecular Hbond substituents is 1. The number of nitrogens with zero attached hydrogens (tertiary/aromatic N) is 1. The first-order chi connectivity index (χ1) is 10.1. The molecule has 0 aliphatic rings. The summed E-state index contributed by atoms with van der Waals surface area (Å²) in [6.45, 7) is 8.20. The Kier molecular flexibility index (Phi) is 6.17. The topological polar surface area (TPSA) is 61.8 Å². The van der Waals surface area contributed by atoms with Crippen LogP contribution in [0.1, 0.15) is 39.3 Å². The molecule has 2 N–H and O–H groups in total. The first kappa shape index (κ1) is 18.2. The molecule has 5 nitrogen and oxygen atoms in total. The van der Waals surface area contributed by atoms with Crippen molar-refractivity contribution in [1.82, 2.24) is 10.2 Å². The normalized spacial score (nSPS) is 12.8. The Balaban J connectivity index is 2.44. The summed E-state index contributed by atoms with van der Waals surface area (Å²) >= 11 is 0. The zero-order chi connectivity index (χ0) is 16.9. The van der Waals surface area contributed by atoms with Crippen molar-refractivity contribution in [2.24, 2.45) is 0 Å². The van der Waals surface area contributed by atoms with Crippen molar-refractivity contribution < 1.29 is 19.0 Å². The molecule has 0 radical (unpaired) electrons. The summed E-state index contributed by atoms with van der Waals surface area (Å²) in [5, 5.41) is 12.3. The second kappa shape index (κ2) is 7.45. The highest BCUT2D eigenvalue weighted by molar-refractivity contribution is 5.67. The minimum atomic E-state index is -0.527. The van der Waals surface area contributed by atoms with Crippen LogP contribution in [0.2, 0.25) is 0 Å². The standard InChI is InChI=1S/C16H25FN2O3/c1-11(13-7-6-12(20)10-14(13)17)18-8-9-19(5)15(21)22-16(2,3)4/h6-7,10-11,18,20H,8-9H2,1-5H3. The molecule has 0 saturated carbocycles. The van der Waals surface area contributed by atoms with Gasteiger partial charge >= 0.3 is 6.09 Å². The number of ether oxygens (including phenoxy) is 1. The number of aromatic hydroxyl groups is 1. The maximum atomic E-state index is 13.7. The number of hydrogen-bond acceptors (Lipinski definition) is 4. The molecule has 0 aromatic heterocycles. The van der Waals surface area contributed by atoms with Gasteiger partial charge in [0.1, 0.15) is 17.2 Å². The zero-order valence-electron chi connectivity index (χ0n) is 13.8. The highest BCUT2D eigenvalue weighted by atomic mass is 19.1. The van der Waals surface area contributed by atoms with E-state index >= 15 is 0 Å². The lowest BCUT2D eigenvalue weighted by atomic mass is 10.1. The molecule has 0 aliphatic heterocycles. The lowest BCUT2D eigenvalue weighted by molar-refractivity contribution is 0.0299. The van der Waals surface area contributed by atoms with E-state index in [2.05, 4.69) is 5.32 Å². The second-order valence-electron chi connectivity index (χ2n) is 6.28. The molecule has 124 valence electrons. The molecule has 0 heterocycles. The van der Waals surface area contributed by atoms with Crippen molar-refractivity contribution in [2.75, 3.05) is 20.1 Å². The largest absolute Gasteiger partial charge is 0.508 e. The number of amides is 1. The van der Waals surface area contributed by atoms with E-state index in [1.54, 1.807) is 13.1 Å². The summed E-state index contributed by atoms with van der Waals surface area (Å²) in [4.78, 5) is 13.3. The molecule has 1 unspecified atom stereocenters. The molecule has 0 fully saturated rings. The van der Waals surface area contributed by atoms with E-state index in [0.717, 1.165) is 6.07 Å². The van der Waals surface area contributed by atoms with Gasteiger partial charge in [-0.15, -0.1) is 0 Å². The van der Waals surface area contributed by atoms with Crippen molar-refractivity contribution in [1.29, 1.82) is 0 Å². The van der Waals surface area contributed by atoms with Crippen molar-refractivity contribution in [3.05, 3.63) is 29.6 Å². The van der Waals surface area contributed by atoms with Crippen LogP contribution in [0.25, 0.3) is 0 Å². The Bertz CT molecular complexity index is 515. The SMILES string of the molecule is CC(NCCN(C)C(=O)OC(C)(C)C)c1ccc(O)cc1F. The molecular weight excluding hydrogens is 287 g/mol. The average molecular weight is 312 g/mol. The van der Waals surface area contributed by atoms with Gasteiger partial charge in [-0.05, 0) is 33.8 Å². The Morgan fingerprint density at radius 1 is 1.45 bits per heavy atom. The predicted molar refractivity (Wildman–Crippen MR) is 83.3 cm³/mol. The van der Waals surface area contributed by atoms with E-state index < -0.39 is 17.5 Å². The van der Waals surface area contributed by atoms with Crippen LogP contribution < -0.4 is 5.32 Å². The van der Waals surface area contributed by atoms with Crippen molar-refractivity contribution >= 4 is 6.09 Å². The van der Waals surface area contributed by atoms with Crippen molar-refractivity contribution in [3.63, 3.8) is 0 Å². The van der Waals surface area contributed by atoms with Crippen LogP contribution in [0.15, 0.2) is 18.2 Å². The number of nitrogens with one attached hydrogen (secondary N) is 1. The first-order valence-electron chi connectivity index (χ1n) is 7.26. The van der Waals surface area contributed by atoms with Gasteiger partial charge in [0.2, 0.25) is 0 Å². The zero-order valence-corrected chi connectivity index (χ0v) is 13.8. The van der Waals surface area contributed by atoms with E-state index in [4.69, 9.17) is 4.74 Å². The third kappa shape index (κ3) is 5.89. The minimum absolute atomic E-state index is 0.0990. The Morgan fingerprint density at radius 3 is 2.64 bits per heavy atom. The number of carbonyl (C=O) groups is 1. The molecule has 6 heteroatoms. The minimum Gasteiger partial charge on any atom is -0.508 e. The highest BCUT2D eigenvalue weighted by Crippen LogP contribution is 2.20. The van der Waals surface area contributed by atoms with E-state index in [9.17, 15) is 14.3 Å². The summed E-state index contributed by atoms with van der Waals surface area (Å²) < 4.78 is 19.0. The molecule has 1 amide bonds. The predicted octanol–water partition coefficient (Wildman–Crippen LogP) is 3.05. The van der Waals surface area contributed by atoms with Gasteiger partial charge < -0.3 is 20.1 Å². The number of benzene rings is 1. The molecule has 1 atom stereocenters. The smallest absolute Gasteiger partial charge is 0.410 e. The van der Waals surface area contributed by atoms with Gasteiger partial charge in [0.25, 0.3) is 0 Å². The fourth-order valence-electron chi connectivity index (χ4n) is 1.86. The molecular formula is C16H25FN2O3. The van der Waals surface area contributed by atoms with E-state index in [-0.39, 0.29) is 11.8 Å². The number of hydrogen-bond donors (Lipinski definition) is 2. The van der Waals surface area contributed by atoms with E-state index in [0.29, 0.717) is 18.7 Å². The molecule has 22 heavy (non-hydrogen) atoms. The molecule has 1 rings (SSSR count). The Hall–Kier alpha value is -1.82. The summed E-state index contributed by atoms with van der Waals surface area (Å²) in [7, 11) is 1.65. The Morgan fingerprint density at radius 2 is 2.09 bits per heavy atom. The average Bonchev–Trinajstić information content (AvgIpc) is 2.36. The fraction of sp³-hybridized carbons (Fsp3) is 0.562. The maximum Gasteiger partial charge on any atom is 0.410 e. The van der Waals surface area contributed by atoms with Crippen molar-refractivity contribution in [2.45, 2.75) is 39.3 Å².